The third-order valence-electron chi connectivity index (χ3n) is 4.10. The third kappa shape index (κ3) is 3.56. The molecule has 0 bridgehead atoms. The Bertz CT molecular complexity index is 336. The molecule has 0 amide bonds. The van der Waals surface area contributed by atoms with E-state index in [1.165, 1.54) is 41.9 Å². The van der Waals surface area contributed by atoms with Gasteiger partial charge in [-0.3, -0.25) is 0 Å². The SMILES string of the molecule is CCC1CCC(NC(C)c2ccc(C)s2)CC1. The van der Waals surface area contributed by atoms with E-state index < -0.39 is 0 Å². The van der Waals surface area contributed by atoms with Crippen molar-refractivity contribution < 1.29 is 0 Å². The predicted octanol–water partition coefficient (Wildman–Crippen LogP) is 4.68. The van der Waals surface area contributed by atoms with E-state index in [9.17, 15) is 0 Å². The van der Waals surface area contributed by atoms with Crippen LogP contribution < -0.4 is 5.32 Å². The fraction of sp³-hybridized carbons (Fsp3) is 0.733. The standard InChI is InChI=1S/C15H25NS/c1-4-13-6-8-14(9-7-13)16-12(3)15-10-5-11(2)17-15/h5,10,12-14,16H,4,6-9H2,1-3H3. The molecule has 96 valence electrons. The Labute approximate surface area is 110 Å². The number of hydrogen-bond acceptors (Lipinski definition) is 2. The van der Waals surface area contributed by atoms with Crippen molar-refractivity contribution in [3.63, 3.8) is 0 Å². The zero-order chi connectivity index (χ0) is 12.3. The molecule has 17 heavy (non-hydrogen) atoms. The summed E-state index contributed by atoms with van der Waals surface area (Å²) in [6, 6.07) is 5.77. The molecule has 1 saturated carbocycles. The molecule has 0 aliphatic heterocycles. The van der Waals surface area contributed by atoms with Crippen LogP contribution in [0.25, 0.3) is 0 Å². The lowest BCUT2D eigenvalue weighted by atomic mass is 9.84. The van der Waals surface area contributed by atoms with Gasteiger partial charge in [-0.2, -0.15) is 0 Å². The van der Waals surface area contributed by atoms with Crippen LogP contribution in [-0.2, 0) is 0 Å². The van der Waals surface area contributed by atoms with Crippen LogP contribution in [0, 0.1) is 12.8 Å². The topological polar surface area (TPSA) is 12.0 Å². The van der Waals surface area contributed by atoms with Gasteiger partial charge in [-0.05, 0) is 57.6 Å². The van der Waals surface area contributed by atoms with Gasteiger partial charge < -0.3 is 5.32 Å². The number of hydrogen-bond donors (Lipinski definition) is 1. The minimum atomic E-state index is 0.525. The quantitative estimate of drug-likeness (QED) is 0.819. The van der Waals surface area contributed by atoms with Gasteiger partial charge in [0, 0.05) is 21.8 Å². The molecule has 1 atom stereocenters. The van der Waals surface area contributed by atoms with Gasteiger partial charge in [-0.15, -0.1) is 11.3 Å². The highest BCUT2D eigenvalue weighted by Crippen LogP contribution is 2.29. The van der Waals surface area contributed by atoms with Crippen LogP contribution in [0.5, 0.6) is 0 Å². The van der Waals surface area contributed by atoms with E-state index in [4.69, 9.17) is 0 Å². The Kier molecular flexibility index (Phi) is 4.63. The monoisotopic (exact) mass is 251 g/mol. The van der Waals surface area contributed by atoms with Crippen molar-refractivity contribution in [1.29, 1.82) is 0 Å². The highest BCUT2D eigenvalue weighted by atomic mass is 32.1. The molecule has 1 aromatic heterocycles. The number of nitrogens with one attached hydrogen (secondary N) is 1. The summed E-state index contributed by atoms with van der Waals surface area (Å²) in [4.78, 5) is 2.91. The van der Waals surface area contributed by atoms with E-state index in [0.29, 0.717) is 6.04 Å². The molecule has 1 nitrogen and oxygen atoms in total. The summed E-state index contributed by atoms with van der Waals surface area (Å²) in [5, 5.41) is 3.80. The summed E-state index contributed by atoms with van der Waals surface area (Å²) in [6.45, 7) is 6.82. The van der Waals surface area contributed by atoms with Gasteiger partial charge in [-0.1, -0.05) is 13.3 Å². The van der Waals surface area contributed by atoms with Crippen molar-refractivity contribution in [2.24, 2.45) is 5.92 Å². The molecule has 1 heterocycles. The second kappa shape index (κ2) is 6.01. The van der Waals surface area contributed by atoms with Gasteiger partial charge in [0.2, 0.25) is 0 Å². The maximum atomic E-state index is 3.80. The molecule has 0 aromatic carbocycles. The van der Waals surface area contributed by atoms with E-state index in [0.717, 1.165) is 12.0 Å². The van der Waals surface area contributed by atoms with Gasteiger partial charge >= 0.3 is 0 Å². The summed E-state index contributed by atoms with van der Waals surface area (Å²) in [5.41, 5.74) is 0. The van der Waals surface area contributed by atoms with Gasteiger partial charge in [0.15, 0.2) is 0 Å². The smallest absolute Gasteiger partial charge is 0.0388 e. The average Bonchev–Trinajstić information content (AvgIpc) is 2.77. The maximum absolute atomic E-state index is 3.80. The molecule has 2 heteroatoms. The van der Waals surface area contributed by atoms with Crippen molar-refractivity contribution >= 4 is 11.3 Å². The molecule has 1 fully saturated rings. The Balaban J connectivity index is 1.81. The minimum Gasteiger partial charge on any atom is -0.307 e. The lowest BCUT2D eigenvalue weighted by Gasteiger charge is -2.30. The lowest BCUT2D eigenvalue weighted by Crippen LogP contribution is -2.34. The molecule has 2 rings (SSSR count). The van der Waals surface area contributed by atoms with Gasteiger partial charge in [0.1, 0.15) is 0 Å². The predicted molar refractivity (Wildman–Crippen MR) is 76.6 cm³/mol. The van der Waals surface area contributed by atoms with Gasteiger partial charge in [-0.25, -0.2) is 0 Å². The Hall–Kier alpha value is -0.340. The molecule has 1 aliphatic carbocycles. The van der Waals surface area contributed by atoms with Crippen LogP contribution in [0.3, 0.4) is 0 Å². The van der Waals surface area contributed by atoms with Crippen LogP contribution in [0.4, 0.5) is 0 Å². The Morgan fingerprint density at radius 2 is 2.00 bits per heavy atom. The molecular weight excluding hydrogens is 226 g/mol. The molecule has 1 aliphatic rings. The summed E-state index contributed by atoms with van der Waals surface area (Å²) in [6.07, 6.45) is 6.95. The fourth-order valence-electron chi connectivity index (χ4n) is 2.86. The maximum Gasteiger partial charge on any atom is 0.0388 e. The van der Waals surface area contributed by atoms with E-state index in [2.05, 4.69) is 38.2 Å². The Morgan fingerprint density at radius 1 is 1.29 bits per heavy atom. The van der Waals surface area contributed by atoms with E-state index in [1.54, 1.807) is 0 Å². The van der Waals surface area contributed by atoms with Crippen molar-refractivity contribution in [2.75, 3.05) is 0 Å². The first-order valence-corrected chi connectivity index (χ1v) is 7.83. The van der Waals surface area contributed by atoms with Crippen LogP contribution >= 0.6 is 11.3 Å². The van der Waals surface area contributed by atoms with E-state index >= 15 is 0 Å². The zero-order valence-corrected chi connectivity index (χ0v) is 12.1. The fourth-order valence-corrected chi connectivity index (χ4v) is 3.75. The highest BCUT2D eigenvalue weighted by Gasteiger charge is 2.21. The molecule has 1 unspecified atom stereocenters. The van der Waals surface area contributed by atoms with E-state index in [-0.39, 0.29) is 0 Å². The van der Waals surface area contributed by atoms with Crippen LogP contribution in [0.15, 0.2) is 12.1 Å². The summed E-state index contributed by atoms with van der Waals surface area (Å²) >= 11 is 1.93. The normalized spacial score (nSPS) is 27.0. The van der Waals surface area contributed by atoms with Crippen molar-refractivity contribution in [2.45, 2.75) is 65.0 Å². The number of rotatable bonds is 4. The van der Waals surface area contributed by atoms with Crippen molar-refractivity contribution in [3.05, 3.63) is 21.9 Å². The lowest BCUT2D eigenvalue weighted by molar-refractivity contribution is 0.274. The molecule has 1 aromatic rings. The first kappa shape index (κ1) is 13.1. The highest BCUT2D eigenvalue weighted by molar-refractivity contribution is 7.12. The summed E-state index contributed by atoms with van der Waals surface area (Å²) in [7, 11) is 0. The first-order valence-electron chi connectivity index (χ1n) is 7.01. The summed E-state index contributed by atoms with van der Waals surface area (Å²) in [5.74, 6) is 0.993. The average molecular weight is 251 g/mol. The molecule has 0 saturated heterocycles. The Morgan fingerprint density at radius 3 is 2.53 bits per heavy atom. The van der Waals surface area contributed by atoms with Crippen molar-refractivity contribution in [1.82, 2.24) is 5.32 Å². The zero-order valence-electron chi connectivity index (χ0n) is 11.3. The molecule has 0 spiro atoms. The second-order valence-corrected chi connectivity index (χ2v) is 6.78. The van der Waals surface area contributed by atoms with Crippen LogP contribution in [0.2, 0.25) is 0 Å². The third-order valence-corrected chi connectivity index (χ3v) is 5.28. The first-order chi connectivity index (χ1) is 8.19. The second-order valence-electron chi connectivity index (χ2n) is 5.46. The van der Waals surface area contributed by atoms with Gasteiger partial charge in [0.05, 0.1) is 0 Å². The molecule has 0 radical (unpaired) electrons. The minimum absolute atomic E-state index is 0.525. The van der Waals surface area contributed by atoms with E-state index in [1.807, 2.05) is 11.3 Å². The van der Waals surface area contributed by atoms with Crippen LogP contribution in [-0.4, -0.2) is 6.04 Å². The largest absolute Gasteiger partial charge is 0.307 e. The van der Waals surface area contributed by atoms with Crippen LogP contribution in [0.1, 0.15) is 61.7 Å². The molecular formula is C15H25NS. The van der Waals surface area contributed by atoms with Gasteiger partial charge in [0.25, 0.3) is 0 Å². The van der Waals surface area contributed by atoms with Crippen molar-refractivity contribution in [3.8, 4) is 0 Å². The molecule has 1 N–H and O–H groups in total. The number of thiophene rings is 1. The summed E-state index contributed by atoms with van der Waals surface area (Å²) < 4.78 is 0. The number of aryl methyl sites for hydroxylation is 1.